The lowest BCUT2D eigenvalue weighted by atomic mass is 9.90. The van der Waals surface area contributed by atoms with Crippen LogP contribution in [0, 0.1) is 23.7 Å². The van der Waals surface area contributed by atoms with Crippen molar-refractivity contribution in [1.82, 2.24) is 35.6 Å². The third-order valence-corrected chi connectivity index (χ3v) is 16.5. The molecule has 0 saturated carbocycles. The molecule has 0 spiro atoms. The van der Waals surface area contributed by atoms with Gasteiger partial charge in [-0.15, -0.1) is 0 Å². The Kier molecular flexibility index (Phi) is 34.8. The van der Waals surface area contributed by atoms with Crippen LogP contribution >= 0.6 is 11.6 Å². The van der Waals surface area contributed by atoms with Crippen molar-refractivity contribution in [3.8, 4) is 0 Å². The third-order valence-electron chi connectivity index (χ3n) is 16.2. The van der Waals surface area contributed by atoms with E-state index in [1.54, 1.807) is 72.1 Å². The molecule has 0 saturated heterocycles. The van der Waals surface area contributed by atoms with E-state index < -0.39 is 114 Å². The molecule has 2 aromatic carbocycles. The molecule has 7 amide bonds. The number of esters is 2. The topological polar surface area (TPSA) is 295 Å². The monoisotopic (exact) mass is 1310 g/mol. The molecule has 1 unspecified atom stereocenters. The van der Waals surface area contributed by atoms with Gasteiger partial charge in [-0.3, -0.25) is 24.0 Å². The fourth-order valence-electron chi connectivity index (χ4n) is 9.44. The SMILES string of the molecule is C/C=C(\C)[C@H]1OC(=O)C(C)(C)NC(=O)[C@H](C(C)CC)NC(=O)CN(C)C(=O)[C@@H](Cc2ccc(Cl)cc2)N(C)C(=O)[C@H](C)NC(=O)[C@@H](CC(C)C)OC(=O)/C(C)=C/C[C@H](OC(=O)N(C)CCCCCCN(C)C(=O)OCc2ccc(NC)cc2)[C@@H]1C.CC(C)[C@H](N)C=O. The molecular formula is C68H106ClN9O14. The van der Waals surface area contributed by atoms with E-state index in [-0.39, 0.29) is 49.3 Å². The predicted molar refractivity (Wildman–Crippen MR) is 356 cm³/mol. The zero-order chi connectivity index (χ0) is 69.7. The largest absolute Gasteiger partial charge is 0.456 e. The van der Waals surface area contributed by atoms with Crippen molar-refractivity contribution in [1.29, 1.82) is 0 Å². The van der Waals surface area contributed by atoms with Crippen LogP contribution in [0.3, 0.4) is 0 Å². The summed E-state index contributed by atoms with van der Waals surface area (Å²) >= 11 is 6.18. The van der Waals surface area contributed by atoms with Crippen LogP contribution in [0.15, 0.2) is 71.8 Å². The number of amides is 7. The second-order valence-corrected chi connectivity index (χ2v) is 25.7. The van der Waals surface area contributed by atoms with Crippen molar-refractivity contribution in [3.63, 3.8) is 0 Å². The number of rotatable bonds is 20. The number of ether oxygens (including phenoxy) is 4. The molecule has 1 aliphatic rings. The lowest BCUT2D eigenvalue weighted by Crippen LogP contribution is -2.60. The van der Waals surface area contributed by atoms with Gasteiger partial charge in [0.05, 0.1) is 12.6 Å². The summed E-state index contributed by atoms with van der Waals surface area (Å²) in [6.07, 6.45) is 2.75. The fourth-order valence-corrected chi connectivity index (χ4v) is 9.57. The molecule has 514 valence electrons. The van der Waals surface area contributed by atoms with E-state index in [9.17, 15) is 47.9 Å². The molecule has 23 nitrogen and oxygen atoms in total. The number of nitrogens with zero attached hydrogens (tertiary/aromatic N) is 4. The Morgan fingerprint density at radius 1 is 0.848 bits per heavy atom. The molecule has 0 radical (unpaired) electrons. The second kappa shape index (κ2) is 39.8. The van der Waals surface area contributed by atoms with E-state index in [0.29, 0.717) is 48.5 Å². The minimum atomic E-state index is -1.69. The highest BCUT2D eigenvalue weighted by Crippen LogP contribution is 2.28. The number of carbonyl (C=O) groups is 10. The number of likely N-dealkylation sites (N-methyl/N-ethyl adjacent to an activating group) is 2. The maximum Gasteiger partial charge on any atom is 0.409 e. The molecule has 1 heterocycles. The summed E-state index contributed by atoms with van der Waals surface area (Å²) in [5.74, 6) is -6.23. The van der Waals surface area contributed by atoms with Gasteiger partial charge < -0.3 is 70.3 Å². The normalized spacial score (nSPS) is 22.4. The molecule has 24 heteroatoms. The highest BCUT2D eigenvalue weighted by atomic mass is 35.5. The second-order valence-electron chi connectivity index (χ2n) is 25.3. The maximum absolute atomic E-state index is 14.4. The number of carbonyl (C=O) groups excluding carboxylic acids is 10. The first-order valence-electron chi connectivity index (χ1n) is 31.8. The molecule has 92 heavy (non-hydrogen) atoms. The van der Waals surface area contributed by atoms with Crippen molar-refractivity contribution < 1.29 is 66.9 Å². The number of hydrogen-bond acceptors (Lipinski definition) is 16. The first kappa shape index (κ1) is 80.6. The van der Waals surface area contributed by atoms with E-state index in [4.69, 9.17) is 36.3 Å². The number of anilines is 1. The van der Waals surface area contributed by atoms with Gasteiger partial charge in [-0.2, -0.15) is 0 Å². The average Bonchev–Trinajstić information content (AvgIpc) is 0.969. The van der Waals surface area contributed by atoms with Crippen LogP contribution in [-0.4, -0.2) is 182 Å². The summed E-state index contributed by atoms with van der Waals surface area (Å²) in [6.45, 7) is 22.6. The maximum atomic E-state index is 14.4. The molecule has 0 bridgehead atoms. The van der Waals surface area contributed by atoms with E-state index in [2.05, 4.69) is 21.3 Å². The van der Waals surface area contributed by atoms with Gasteiger partial charge in [0.25, 0.3) is 5.91 Å². The summed E-state index contributed by atoms with van der Waals surface area (Å²) in [5.41, 5.74) is 6.68. The van der Waals surface area contributed by atoms with Gasteiger partial charge in [0, 0.05) is 83.4 Å². The predicted octanol–water partition coefficient (Wildman–Crippen LogP) is 8.40. The molecule has 2 aromatic rings. The Balaban J connectivity index is 0.00000387. The zero-order valence-electron chi connectivity index (χ0n) is 57.6. The zero-order valence-corrected chi connectivity index (χ0v) is 58.4. The van der Waals surface area contributed by atoms with Gasteiger partial charge in [-0.1, -0.05) is 116 Å². The molecular weight excluding hydrogens is 1200 g/mol. The number of aldehydes is 1. The fraction of sp³-hybridized carbons (Fsp3) is 0.618. The van der Waals surface area contributed by atoms with E-state index >= 15 is 0 Å². The Morgan fingerprint density at radius 3 is 1.95 bits per heavy atom. The summed E-state index contributed by atoms with van der Waals surface area (Å²) < 4.78 is 23.8. The average molecular weight is 1310 g/mol. The van der Waals surface area contributed by atoms with Gasteiger partial charge in [0.1, 0.15) is 48.8 Å². The number of unbranched alkanes of at least 4 members (excludes halogenated alkanes) is 3. The summed E-state index contributed by atoms with van der Waals surface area (Å²) in [6, 6.07) is 10.4. The van der Waals surface area contributed by atoms with Gasteiger partial charge in [0.2, 0.25) is 23.6 Å². The molecule has 0 fully saturated rings. The van der Waals surface area contributed by atoms with Gasteiger partial charge >= 0.3 is 24.1 Å². The van der Waals surface area contributed by atoms with Crippen LogP contribution in [0.4, 0.5) is 15.3 Å². The standard InChI is InChI=1S/C63H95ClN8O13.C5H11NO/c1-17-40(5)53-56(75)68-63(10,11)60(79)85-54(41(6)18-2)43(8)50(84-62(81)70(14)34-22-20-19-21-33-69(13)61(80)82-38-46-26-30-48(65-12)31-27-46)32-23-42(7)59(78)83-51(35-39(3)4)55(74)66-44(9)57(76)72(16)49(36-45-24-28-47(64)29-25-45)58(77)71(15)37-52(73)67-53;1-4(2)5(6)3-7/h18,23-31,39-40,43-44,49-51,53-54,65H,17,19-22,32-38H2,1-16H3,(H,66,74)(H,67,73)(H,68,75);3-5H,6H2,1-2H3/b41-18+,42-23+;/t40?,43-,44-,49+,50-,51+,53-,54+;5-/m01/s1. The lowest BCUT2D eigenvalue weighted by Gasteiger charge is -2.35. The molecule has 0 aromatic heterocycles. The molecule has 3 rings (SSSR count). The molecule has 1 aliphatic heterocycles. The highest BCUT2D eigenvalue weighted by Gasteiger charge is 2.41. The van der Waals surface area contributed by atoms with Crippen LogP contribution in [0.1, 0.15) is 146 Å². The number of benzene rings is 2. The minimum Gasteiger partial charge on any atom is -0.456 e. The first-order valence-corrected chi connectivity index (χ1v) is 32.2. The van der Waals surface area contributed by atoms with Gasteiger partial charge in [-0.05, 0) is 120 Å². The number of halogens is 1. The van der Waals surface area contributed by atoms with Crippen molar-refractivity contribution in [2.24, 2.45) is 29.4 Å². The Hall–Kier alpha value is -7.53. The number of nitrogens with one attached hydrogen (secondary N) is 4. The van der Waals surface area contributed by atoms with Crippen LogP contribution < -0.4 is 27.0 Å². The number of allylic oxidation sites excluding steroid dienone is 1. The smallest absolute Gasteiger partial charge is 0.409 e. The van der Waals surface area contributed by atoms with Gasteiger partial charge in [0.15, 0.2) is 6.10 Å². The third kappa shape index (κ3) is 27.0. The van der Waals surface area contributed by atoms with Gasteiger partial charge in [-0.25, -0.2) is 19.2 Å². The Morgan fingerprint density at radius 2 is 1.42 bits per heavy atom. The molecule has 9 atom stereocenters. The Bertz CT molecular complexity index is 2810. The minimum absolute atomic E-state index is 0.00613. The first-order chi connectivity index (χ1) is 43.1. The highest BCUT2D eigenvalue weighted by molar-refractivity contribution is 6.30. The Labute approximate surface area is 550 Å². The summed E-state index contributed by atoms with van der Waals surface area (Å²) in [5, 5.41) is 11.7. The van der Waals surface area contributed by atoms with Crippen LogP contribution in [0.2, 0.25) is 5.02 Å². The van der Waals surface area contributed by atoms with E-state index in [1.807, 2.05) is 65.9 Å². The van der Waals surface area contributed by atoms with Crippen LogP contribution in [0.5, 0.6) is 0 Å². The van der Waals surface area contributed by atoms with Crippen LogP contribution in [0.25, 0.3) is 0 Å². The van der Waals surface area contributed by atoms with Crippen molar-refractivity contribution in [3.05, 3.63) is 88.0 Å². The number of hydrogen-bond donors (Lipinski definition) is 5. The quantitative estimate of drug-likeness (QED) is 0.0273. The summed E-state index contributed by atoms with van der Waals surface area (Å²) in [4.78, 5) is 141. The lowest BCUT2D eigenvalue weighted by molar-refractivity contribution is -0.160. The van der Waals surface area contributed by atoms with Crippen molar-refractivity contribution >= 4 is 77.2 Å². The van der Waals surface area contributed by atoms with E-state index in [1.165, 1.54) is 62.6 Å². The van der Waals surface area contributed by atoms with E-state index in [0.717, 1.165) is 35.3 Å². The molecule has 0 aliphatic carbocycles. The van der Waals surface area contributed by atoms with Crippen molar-refractivity contribution in [2.45, 2.75) is 196 Å². The number of nitrogens with two attached hydrogens (primary N) is 1. The van der Waals surface area contributed by atoms with Crippen molar-refractivity contribution in [2.75, 3.05) is 60.2 Å². The van der Waals surface area contributed by atoms with Crippen LogP contribution in [-0.2, 0) is 70.3 Å². The summed E-state index contributed by atoms with van der Waals surface area (Å²) in [7, 11) is 7.92. The number of cyclic esters (lactones) is 2. The molecule has 6 N–H and O–H groups in total.